The third kappa shape index (κ3) is 1.77. The summed E-state index contributed by atoms with van der Waals surface area (Å²) in [6.07, 6.45) is 2.51. The van der Waals surface area contributed by atoms with E-state index in [0.717, 1.165) is 0 Å². The molecule has 1 aromatic rings. The second-order valence-electron chi connectivity index (χ2n) is 3.76. The molecule has 0 aromatic heterocycles. The maximum Gasteiger partial charge on any atom is 0.325 e. The number of carboxylic acid groups (broad SMARTS) is 1. The van der Waals surface area contributed by atoms with Crippen molar-refractivity contribution in [3.05, 3.63) is 35.4 Å². The molecule has 1 aliphatic carbocycles. The molecular weight excluding hydrogens is 178 g/mol. The topological polar surface area (TPSA) is 63.3 Å². The van der Waals surface area contributed by atoms with Crippen LogP contribution in [0.2, 0.25) is 0 Å². The molecular formula is C11H13NO2. The second-order valence-corrected chi connectivity index (χ2v) is 3.76. The van der Waals surface area contributed by atoms with Gasteiger partial charge in [0.1, 0.15) is 6.04 Å². The lowest BCUT2D eigenvalue weighted by molar-refractivity contribution is -0.138. The average Bonchev–Trinajstić information content (AvgIpc) is 3.00. The molecule has 74 valence electrons. The normalized spacial score (nSPS) is 17.8. The Kier molecular flexibility index (Phi) is 2.25. The van der Waals surface area contributed by atoms with E-state index in [0.29, 0.717) is 11.5 Å². The van der Waals surface area contributed by atoms with Gasteiger partial charge in [0.25, 0.3) is 0 Å². The van der Waals surface area contributed by atoms with Gasteiger partial charge < -0.3 is 10.8 Å². The number of hydrogen-bond acceptors (Lipinski definition) is 2. The van der Waals surface area contributed by atoms with E-state index < -0.39 is 12.0 Å². The highest BCUT2D eigenvalue weighted by atomic mass is 16.4. The first-order valence-electron chi connectivity index (χ1n) is 4.76. The monoisotopic (exact) mass is 191 g/mol. The fraction of sp³-hybridized carbons (Fsp3) is 0.364. The third-order valence-corrected chi connectivity index (χ3v) is 2.61. The standard InChI is InChI=1S/C11H13NO2/c12-10(11(13)14)9-5-3-8(4-6-9)7-1-2-7/h3-7,10H,1-2,12H2,(H,13,14). The Balaban J connectivity index is 2.16. The van der Waals surface area contributed by atoms with Gasteiger partial charge in [-0.2, -0.15) is 0 Å². The molecule has 0 radical (unpaired) electrons. The molecule has 0 heterocycles. The van der Waals surface area contributed by atoms with Crippen LogP contribution in [0.25, 0.3) is 0 Å². The predicted molar refractivity (Wildman–Crippen MR) is 53.0 cm³/mol. The molecule has 3 N–H and O–H groups in total. The maximum absolute atomic E-state index is 10.6. The van der Waals surface area contributed by atoms with Crippen molar-refractivity contribution in [3.8, 4) is 0 Å². The SMILES string of the molecule is NC(C(=O)O)c1ccc(C2CC2)cc1. The second kappa shape index (κ2) is 3.42. The van der Waals surface area contributed by atoms with E-state index in [1.54, 1.807) is 0 Å². The summed E-state index contributed by atoms with van der Waals surface area (Å²) in [4.78, 5) is 10.6. The van der Waals surface area contributed by atoms with Gasteiger partial charge in [0.2, 0.25) is 0 Å². The highest BCUT2D eigenvalue weighted by molar-refractivity contribution is 5.75. The Hall–Kier alpha value is -1.35. The zero-order valence-corrected chi connectivity index (χ0v) is 7.81. The van der Waals surface area contributed by atoms with Gasteiger partial charge in [0.05, 0.1) is 0 Å². The molecule has 1 unspecified atom stereocenters. The Morgan fingerprint density at radius 3 is 2.36 bits per heavy atom. The van der Waals surface area contributed by atoms with Crippen LogP contribution in [0.5, 0.6) is 0 Å². The van der Waals surface area contributed by atoms with Crippen molar-refractivity contribution in [1.29, 1.82) is 0 Å². The molecule has 1 aliphatic rings. The largest absolute Gasteiger partial charge is 0.480 e. The summed E-state index contributed by atoms with van der Waals surface area (Å²) < 4.78 is 0. The van der Waals surface area contributed by atoms with Crippen LogP contribution < -0.4 is 5.73 Å². The number of nitrogens with two attached hydrogens (primary N) is 1. The van der Waals surface area contributed by atoms with Crippen LogP contribution in [0.15, 0.2) is 24.3 Å². The molecule has 0 bridgehead atoms. The lowest BCUT2D eigenvalue weighted by atomic mass is 10.0. The number of hydrogen-bond donors (Lipinski definition) is 2. The molecule has 1 aromatic carbocycles. The number of aliphatic carboxylic acids is 1. The van der Waals surface area contributed by atoms with Gasteiger partial charge in [-0.15, -0.1) is 0 Å². The molecule has 2 rings (SSSR count). The van der Waals surface area contributed by atoms with E-state index in [1.165, 1.54) is 18.4 Å². The molecule has 1 saturated carbocycles. The van der Waals surface area contributed by atoms with Gasteiger partial charge in [0.15, 0.2) is 0 Å². The molecule has 0 spiro atoms. The summed E-state index contributed by atoms with van der Waals surface area (Å²) in [7, 11) is 0. The lowest BCUT2D eigenvalue weighted by Gasteiger charge is -2.07. The Bertz CT molecular complexity index is 341. The zero-order chi connectivity index (χ0) is 10.1. The predicted octanol–water partition coefficient (Wildman–Crippen LogP) is 1.65. The van der Waals surface area contributed by atoms with Crippen LogP contribution in [-0.4, -0.2) is 11.1 Å². The highest BCUT2D eigenvalue weighted by Crippen LogP contribution is 2.40. The van der Waals surface area contributed by atoms with Gasteiger partial charge >= 0.3 is 5.97 Å². The molecule has 3 nitrogen and oxygen atoms in total. The quantitative estimate of drug-likeness (QED) is 0.763. The van der Waals surface area contributed by atoms with E-state index >= 15 is 0 Å². The van der Waals surface area contributed by atoms with Crippen LogP contribution in [-0.2, 0) is 4.79 Å². The Morgan fingerprint density at radius 2 is 1.93 bits per heavy atom. The van der Waals surface area contributed by atoms with E-state index in [-0.39, 0.29) is 0 Å². The van der Waals surface area contributed by atoms with Crippen molar-refractivity contribution in [3.63, 3.8) is 0 Å². The van der Waals surface area contributed by atoms with E-state index in [1.807, 2.05) is 24.3 Å². The minimum absolute atomic E-state index is 0.668. The Labute approximate surface area is 82.5 Å². The fourth-order valence-electron chi connectivity index (χ4n) is 1.53. The summed E-state index contributed by atoms with van der Waals surface area (Å²) in [5.74, 6) is -0.283. The lowest BCUT2D eigenvalue weighted by Crippen LogP contribution is -2.20. The van der Waals surface area contributed by atoms with E-state index in [2.05, 4.69) is 0 Å². The van der Waals surface area contributed by atoms with Gasteiger partial charge in [0, 0.05) is 0 Å². The minimum Gasteiger partial charge on any atom is -0.480 e. The summed E-state index contributed by atoms with van der Waals surface area (Å²) in [5, 5.41) is 8.70. The maximum atomic E-state index is 10.6. The molecule has 14 heavy (non-hydrogen) atoms. The minimum atomic E-state index is -0.982. The van der Waals surface area contributed by atoms with Gasteiger partial charge in [-0.3, -0.25) is 4.79 Å². The summed E-state index contributed by atoms with van der Waals surface area (Å²) in [5.41, 5.74) is 7.45. The van der Waals surface area contributed by atoms with Gasteiger partial charge in [-0.25, -0.2) is 0 Å². The number of benzene rings is 1. The van der Waals surface area contributed by atoms with Crippen LogP contribution in [0, 0.1) is 0 Å². The molecule has 1 fully saturated rings. The zero-order valence-electron chi connectivity index (χ0n) is 7.81. The first-order chi connectivity index (χ1) is 6.68. The summed E-state index contributed by atoms with van der Waals surface area (Å²) >= 11 is 0. The van der Waals surface area contributed by atoms with E-state index in [4.69, 9.17) is 10.8 Å². The third-order valence-electron chi connectivity index (χ3n) is 2.61. The molecule has 0 saturated heterocycles. The Morgan fingerprint density at radius 1 is 1.36 bits per heavy atom. The van der Waals surface area contributed by atoms with Gasteiger partial charge in [-0.1, -0.05) is 24.3 Å². The van der Waals surface area contributed by atoms with Crippen LogP contribution in [0.4, 0.5) is 0 Å². The fourth-order valence-corrected chi connectivity index (χ4v) is 1.53. The van der Waals surface area contributed by atoms with Gasteiger partial charge in [-0.05, 0) is 29.9 Å². The first-order valence-corrected chi connectivity index (χ1v) is 4.76. The average molecular weight is 191 g/mol. The van der Waals surface area contributed by atoms with Crippen molar-refractivity contribution in [2.24, 2.45) is 5.73 Å². The molecule has 3 heteroatoms. The van der Waals surface area contributed by atoms with Crippen molar-refractivity contribution < 1.29 is 9.90 Å². The summed E-state index contributed by atoms with van der Waals surface area (Å²) in [6, 6.07) is 6.69. The van der Waals surface area contributed by atoms with Crippen LogP contribution in [0.1, 0.15) is 35.9 Å². The van der Waals surface area contributed by atoms with Crippen molar-refractivity contribution >= 4 is 5.97 Å². The van der Waals surface area contributed by atoms with Crippen molar-refractivity contribution in [2.45, 2.75) is 24.8 Å². The molecule has 0 amide bonds. The number of rotatable bonds is 3. The highest BCUT2D eigenvalue weighted by Gasteiger charge is 2.23. The van der Waals surface area contributed by atoms with E-state index in [9.17, 15) is 4.79 Å². The molecule has 0 aliphatic heterocycles. The van der Waals surface area contributed by atoms with Crippen molar-refractivity contribution in [1.82, 2.24) is 0 Å². The smallest absolute Gasteiger partial charge is 0.325 e. The van der Waals surface area contributed by atoms with Crippen LogP contribution in [0.3, 0.4) is 0 Å². The summed E-state index contributed by atoms with van der Waals surface area (Å²) in [6.45, 7) is 0. The molecule has 1 atom stereocenters. The van der Waals surface area contributed by atoms with Crippen LogP contribution >= 0.6 is 0 Å². The first kappa shape index (κ1) is 9.21. The van der Waals surface area contributed by atoms with Crippen molar-refractivity contribution in [2.75, 3.05) is 0 Å². The number of carboxylic acids is 1. The number of carbonyl (C=O) groups is 1.